The molecule has 0 bridgehead atoms. The minimum atomic E-state index is -1.77. The number of fused-ring (bicyclic) bond motifs is 1. The number of aliphatic hydroxyl groups is 1. The van der Waals surface area contributed by atoms with Crippen LogP contribution in [0.15, 0.2) is 12.2 Å². The SMILES string of the molecule is CC(C)(C)[Si](C)(C)O[C@H]1CC[C@](C)(O)[C@H]2CC=CC[C@]12C. The second-order valence-electron chi connectivity index (χ2n) is 9.23. The van der Waals surface area contributed by atoms with Crippen LogP contribution in [0.4, 0.5) is 0 Å². The third-order valence-electron chi connectivity index (χ3n) is 6.53. The summed E-state index contributed by atoms with van der Waals surface area (Å²) in [5, 5.41) is 11.1. The average molecular weight is 311 g/mol. The Hall–Kier alpha value is -0.123. The highest BCUT2D eigenvalue weighted by molar-refractivity contribution is 6.74. The van der Waals surface area contributed by atoms with Crippen molar-refractivity contribution in [2.75, 3.05) is 0 Å². The van der Waals surface area contributed by atoms with Gasteiger partial charge in [-0.25, -0.2) is 0 Å². The maximum Gasteiger partial charge on any atom is 0.192 e. The van der Waals surface area contributed by atoms with Crippen molar-refractivity contribution in [2.45, 2.75) is 90.1 Å². The molecule has 2 aliphatic rings. The molecule has 1 saturated carbocycles. The molecule has 3 heteroatoms. The van der Waals surface area contributed by atoms with Gasteiger partial charge < -0.3 is 9.53 Å². The predicted molar refractivity (Wildman–Crippen MR) is 91.9 cm³/mol. The molecule has 0 aromatic heterocycles. The Balaban J connectivity index is 2.27. The van der Waals surface area contributed by atoms with E-state index in [1.165, 1.54) is 0 Å². The predicted octanol–water partition coefficient (Wildman–Crippen LogP) is 4.89. The van der Waals surface area contributed by atoms with E-state index in [0.29, 0.717) is 5.92 Å². The lowest BCUT2D eigenvalue weighted by molar-refractivity contribution is -0.146. The van der Waals surface area contributed by atoms with Crippen LogP contribution in [-0.4, -0.2) is 25.1 Å². The summed E-state index contributed by atoms with van der Waals surface area (Å²) in [6.45, 7) is 16.0. The fourth-order valence-electron chi connectivity index (χ4n) is 3.95. The van der Waals surface area contributed by atoms with E-state index in [0.717, 1.165) is 25.7 Å². The van der Waals surface area contributed by atoms with Crippen molar-refractivity contribution in [3.8, 4) is 0 Å². The van der Waals surface area contributed by atoms with Gasteiger partial charge in [-0.2, -0.15) is 0 Å². The second-order valence-corrected chi connectivity index (χ2v) is 14.0. The van der Waals surface area contributed by atoms with Crippen LogP contribution in [0.25, 0.3) is 0 Å². The molecule has 1 N–H and O–H groups in total. The van der Waals surface area contributed by atoms with Gasteiger partial charge in [0.1, 0.15) is 0 Å². The van der Waals surface area contributed by atoms with Crippen molar-refractivity contribution >= 4 is 8.32 Å². The fourth-order valence-corrected chi connectivity index (χ4v) is 5.41. The van der Waals surface area contributed by atoms with E-state index in [4.69, 9.17) is 4.43 Å². The Kier molecular flexibility index (Phi) is 4.27. The molecule has 0 unspecified atom stereocenters. The summed E-state index contributed by atoms with van der Waals surface area (Å²) >= 11 is 0. The van der Waals surface area contributed by atoms with Gasteiger partial charge in [0.05, 0.1) is 11.7 Å². The zero-order valence-electron chi connectivity index (χ0n) is 15.0. The van der Waals surface area contributed by atoms with Crippen molar-refractivity contribution in [2.24, 2.45) is 11.3 Å². The molecule has 0 radical (unpaired) electrons. The van der Waals surface area contributed by atoms with E-state index in [1.54, 1.807) is 0 Å². The van der Waals surface area contributed by atoms with Gasteiger partial charge in [0.25, 0.3) is 0 Å². The Bertz CT molecular complexity index is 419. The van der Waals surface area contributed by atoms with Gasteiger partial charge in [0.2, 0.25) is 0 Å². The number of rotatable bonds is 2. The van der Waals surface area contributed by atoms with Crippen LogP contribution in [0.5, 0.6) is 0 Å². The monoisotopic (exact) mass is 310 g/mol. The highest BCUT2D eigenvalue weighted by atomic mass is 28.4. The van der Waals surface area contributed by atoms with E-state index in [-0.39, 0.29) is 16.6 Å². The molecule has 0 aliphatic heterocycles. The van der Waals surface area contributed by atoms with Crippen molar-refractivity contribution in [3.63, 3.8) is 0 Å². The second kappa shape index (κ2) is 5.21. The van der Waals surface area contributed by atoms with Gasteiger partial charge in [-0.1, -0.05) is 39.8 Å². The van der Waals surface area contributed by atoms with Gasteiger partial charge >= 0.3 is 0 Å². The fraction of sp³-hybridized carbons (Fsp3) is 0.889. The van der Waals surface area contributed by atoms with E-state index >= 15 is 0 Å². The van der Waals surface area contributed by atoms with Gasteiger partial charge in [0.15, 0.2) is 8.32 Å². The molecule has 0 amide bonds. The Morgan fingerprint density at radius 3 is 2.38 bits per heavy atom. The zero-order chi connectivity index (χ0) is 16.1. The Labute approximate surface area is 132 Å². The lowest BCUT2D eigenvalue weighted by Crippen LogP contribution is -2.59. The molecule has 2 rings (SSSR count). The molecule has 0 aromatic carbocycles. The summed E-state index contributed by atoms with van der Waals surface area (Å²) < 4.78 is 6.80. The largest absolute Gasteiger partial charge is 0.413 e. The van der Waals surface area contributed by atoms with Crippen molar-refractivity contribution < 1.29 is 9.53 Å². The normalized spacial score (nSPS) is 41.0. The van der Waals surface area contributed by atoms with Crippen LogP contribution < -0.4 is 0 Å². The summed E-state index contributed by atoms with van der Waals surface area (Å²) in [6.07, 6.45) is 8.69. The highest BCUT2D eigenvalue weighted by Gasteiger charge is 2.55. The molecule has 122 valence electrons. The standard InChI is InChI=1S/C18H34O2Si/c1-16(2,3)21(6,7)20-15-11-13-18(5,19)14-10-8-9-12-17(14,15)4/h8-9,14-15,19H,10-13H2,1-7H3/t14-,15-,17-,18-/m0/s1. The smallest absolute Gasteiger partial charge is 0.192 e. The first-order valence-electron chi connectivity index (χ1n) is 8.45. The third-order valence-corrected chi connectivity index (χ3v) is 11.0. The first-order valence-corrected chi connectivity index (χ1v) is 11.4. The lowest BCUT2D eigenvalue weighted by atomic mass is 9.55. The molecule has 0 heterocycles. The maximum atomic E-state index is 10.8. The third kappa shape index (κ3) is 3.02. The van der Waals surface area contributed by atoms with Gasteiger partial charge in [-0.05, 0) is 56.7 Å². The molecule has 2 nitrogen and oxygen atoms in total. The van der Waals surface area contributed by atoms with Crippen LogP contribution in [0, 0.1) is 11.3 Å². The highest BCUT2D eigenvalue weighted by Crippen LogP contribution is 2.54. The average Bonchev–Trinajstić information content (AvgIpc) is 2.32. The molecular formula is C18H34O2Si. The summed E-state index contributed by atoms with van der Waals surface area (Å²) in [7, 11) is -1.77. The topological polar surface area (TPSA) is 29.5 Å². The van der Waals surface area contributed by atoms with Gasteiger partial charge in [0, 0.05) is 5.41 Å². The Morgan fingerprint density at radius 1 is 1.19 bits per heavy atom. The van der Waals surface area contributed by atoms with Crippen LogP contribution in [0.1, 0.15) is 60.3 Å². The lowest BCUT2D eigenvalue weighted by Gasteiger charge is -2.57. The van der Waals surface area contributed by atoms with Crippen LogP contribution >= 0.6 is 0 Å². The quantitative estimate of drug-likeness (QED) is 0.581. The van der Waals surface area contributed by atoms with E-state index in [1.807, 2.05) is 6.92 Å². The van der Waals surface area contributed by atoms with Crippen LogP contribution in [0.3, 0.4) is 0 Å². The number of allylic oxidation sites excluding steroid dienone is 2. The van der Waals surface area contributed by atoms with E-state index in [9.17, 15) is 5.11 Å². The molecule has 0 saturated heterocycles. The van der Waals surface area contributed by atoms with Crippen LogP contribution in [-0.2, 0) is 4.43 Å². The minimum absolute atomic E-state index is 0.0754. The summed E-state index contributed by atoms with van der Waals surface area (Å²) in [5.41, 5.74) is -0.473. The molecule has 21 heavy (non-hydrogen) atoms. The molecule has 2 aliphatic carbocycles. The summed E-state index contributed by atoms with van der Waals surface area (Å²) in [5.74, 6) is 0.318. The van der Waals surface area contributed by atoms with E-state index < -0.39 is 13.9 Å². The first kappa shape index (κ1) is 17.2. The Morgan fingerprint density at radius 2 is 1.81 bits per heavy atom. The summed E-state index contributed by atoms with van der Waals surface area (Å²) in [4.78, 5) is 0. The molecular weight excluding hydrogens is 276 g/mol. The van der Waals surface area contributed by atoms with Crippen LogP contribution in [0.2, 0.25) is 18.1 Å². The first-order chi connectivity index (χ1) is 9.40. The van der Waals surface area contributed by atoms with Crippen molar-refractivity contribution in [1.82, 2.24) is 0 Å². The molecule has 0 aromatic rings. The van der Waals surface area contributed by atoms with E-state index in [2.05, 4.69) is 52.9 Å². The maximum absolute atomic E-state index is 10.8. The summed E-state index contributed by atoms with van der Waals surface area (Å²) in [6, 6.07) is 0. The van der Waals surface area contributed by atoms with Crippen molar-refractivity contribution in [3.05, 3.63) is 12.2 Å². The zero-order valence-corrected chi connectivity index (χ0v) is 16.0. The molecule has 1 fully saturated rings. The van der Waals surface area contributed by atoms with Gasteiger partial charge in [-0.3, -0.25) is 0 Å². The van der Waals surface area contributed by atoms with Crippen molar-refractivity contribution in [1.29, 1.82) is 0 Å². The molecule has 0 spiro atoms. The number of hydrogen-bond acceptors (Lipinski definition) is 2. The minimum Gasteiger partial charge on any atom is -0.413 e. The molecule has 4 atom stereocenters. The number of hydrogen-bond donors (Lipinski definition) is 1. The van der Waals surface area contributed by atoms with Gasteiger partial charge in [-0.15, -0.1) is 0 Å².